The van der Waals surface area contributed by atoms with Crippen molar-refractivity contribution >= 4 is 11.6 Å². The Labute approximate surface area is 113 Å². The molecule has 0 aromatic carbocycles. The van der Waals surface area contributed by atoms with Gasteiger partial charge in [0.05, 0.1) is 6.10 Å². The standard InChI is InChI=1S/C13H22N4O2/c1-3-5-14-11-7-13(16-12(15-11)9-19-2)17-6-4-10(18)8-17/h7,10,18H,3-6,8-9H2,1-2H3,(H,14,15,16). The zero-order chi connectivity index (χ0) is 13.7. The third-order valence-electron chi connectivity index (χ3n) is 3.08. The second-order valence-electron chi connectivity index (χ2n) is 4.78. The quantitative estimate of drug-likeness (QED) is 0.801. The molecule has 1 atom stereocenters. The Kier molecular flexibility index (Phi) is 4.93. The molecule has 6 nitrogen and oxygen atoms in total. The van der Waals surface area contributed by atoms with Crippen LogP contribution in [-0.4, -0.2) is 47.9 Å². The Morgan fingerprint density at radius 1 is 1.53 bits per heavy atom. The first-order valence-corrected chi connectivity index (χ1v) is 6.76. The van der Waals surface area contributed by atoms with Crippen LogP contribution in [0.3, 0.4) is 0 Å². The number of aromatic nitrogens is 2. The van der Waals surface area contributed by atoms with E-state index in [0.29, 0.717) is 19.0 Å². The van der Waals surface area contributed by atoms with Crippen molar-refractivity contribution in [2.75, 3.05) is 37.0 Å². The van der Waals surface area contributed by atoms with E-state index in [1.807, 2.05) is 6.07 Å². The number of β-amino-alcohol motifs (C(OH)–C–C–N with tert-alkyl or cyclic N) is 1. The predicted molar refractivity (Wildman–Crippen MR) is 74.4 cm³/mol. The van der Waals surface area contributed by atoms with Crippen LogP contribution in [-0.2, 0) is 11.3 Å². The molecule has 106 valence electrons. The monoisotopic (exact) mass is 266 g/mol. The molecular formula is C13H22N4O2. The fourth-order valence-electron chi connectivity index (χ4n) is 2.13. The zero-order valence-corrected chi connectivity index (χ0v) is 11.6. The summed E-state index contributed by atoms with van der Waals surface area (Å²) in [6.07, 6.45) is 1.58. The summed E-state index contributed by atoms with van der Waals surface area (Å²) in [6, 6.07) is 1.94. The van der Waals surface area contributed by atoms with Gasteiger partial charge in [0.2, 0.25) is 0 Å². The van der Waals surface area contributed by atoms with Gasteiger partial charge in [0.15, 0.2) is 5.82 Å². The highest BCUT2D eigenvalue weighted by molar-refractivity contribution is 5.50. The van der Waals surface area contributed by atoms with Crippen molar-refractivity contribution in [3.8, 4) is 0 Å². The van der Waals surface area contributed by atoms with Gasteiger partial charge < -0.3 is 20.1 Å². The molecule has 2 rings (SSSR count). The third kappa shape index (κ3) is 3.78. The SMILES string of the molecule is CCCNc1cc(N2CCC(O)C2)nc(COC)n1. The second kappa shape index (κ2) is 6.68. The average molecular weight is 266 g/mol. The molecule has 0 radical (unpaired) electrons. The van der Waals surface area contributed by atoms with Crippen molar-refractivity contribution in [1.82, 2.24) is 9.97 Å². The largest absolute Gasteiger partial charge is 0.391 e. The van der Waals surface area contributed by atoms with E-state index in [1.165, 1.54) is 0 Å². The number of nitrogens with zero attached hydrogens (tertiary/aromatic N) is 3. The van der Waals surface area contributed by atoms with E-state index in [-0.39, 0.29) is 6.10 Å². The summed E-state index contributed by atoms with van der Waals surface area (Å²) in [5, 5.41) is 12.9. The molecule has 6 heteroatoms. The molecule has 1 saturated heterocycles. The minimum absolute atomic E-state index is 0.257. The highest BCUT2D eigenvalue weighted by Crippen LogP contribution is 2.21. The summed E-state index contributed by atoms with van der Waals surface area (Å²) < 4.78 is 5.11. The van der Waals surface area contributed by atoms with Gasteiger partial charge in [0.1, 0.15) is 18.2 Å². The molecule has 19 heavy (non-hydrogen) atoms. The molecule has 0 saturated carbocycles. The first kappa shape index (κ1) is 14.0. The molecule has 0 bridgehead atoms. The Balaban J connectivity index is 2.18. The number of ether oxygens (including phenoxy) is 1. The molecule has 0 spiro atoms. The molecule has 2 N–H and O–H groups in total. The Morgan fingerprint density at radius 3 is 3.00 bits per heavy atom. The van der Waals surface area contributed by atoms with E-state index in [9.17, 15) is 5.11 Å². The summed E-state index contributed by atoms with van der Waals surface area (Å²) in [5.74, 6) is 2.34. The molecule has 1 aliphatic rings. The lowest BCUT2D eigenvalue weighted by Crippen LogP contribution is -2.23. The van der Waals surface area contributed by atoms with Crippen molar-refractivity contribution < 1.29 is 9.84 Å². The van der Waals surface area contributed by atoms with E-state index in [1.54, 1.807) is 7.11 Å². The van der Waals surface area contributed by atoms with Gasteiger partial charge >= 0.3 is 0 Å². The van der Waals surface area contributed by atoms with Gasteiger partial charge in [-0.25, -0.2) is 9.97 Å². The van der Waals surface area contributed by atoms with Crippen LogP contribution in [0.1, 0.15) is 25.6 Å². The minimum atomic E-state index is -0.257. The van der Waals surface area contributed by atoms with Gasteiger partial charge in [0.25, 0.3) is 0 Å². The summed E-state index contributed by atoms with van der Waals surface area (Å²) in [4.78, 5) is 11.0. The van der Waals surface area contributed by atoms with E-state index in [2.05, 4.69) is 27.1 Å². The second-order valence-corrected chi connectivity index (χ2v) is 4.78. The van der Waals surface area contributed by atoms with Crippen LogP contribution in [0.25, 0.3) is 0 Å². The smallest absolute Gasteiger partial charge is 0.158 e. The van der Waals surface area contributed by atoms with Crippen molar-refractivity contribution in [3.05, 3.63) is 11.9 Å². The van der Waals surface area contributed by atoms with Crippen molar-refractivity contribution in [3.63, 3.8) is 0 Å². The van der Waals surface area contributed by atoms with Crippen LogP contribution in [0.5, 0.6) is 0 Å². The van der Waals surface area contributed by atoms with E-state index < -0.39 is 0 Å². The fraction of sp³-hybridized carbons (Fsp3) is 0.692. The number of hydrogen-bond donors (Lipinski definition) is 2. The molecule has 1 fully saturated rings. The maximum absolute atomic E-state index is 9.62. The van der Waals surface area contributed by atoms with Gasteiger partial charge in [-0.05, 0) is 12.8 Å². The third-order valence-corrected chi connectivity index (χ3v) is 3.08. The average Bonchev–Trinajstić information content (AvgIpc) is 2.83. The van der Waals surface area contributed by atoms with Crippen LogP contribution >= 0.6 is 0 Å². The summed E-state index contributed by atoms with van der Waals surface area (Å²) in [7, 11) is 1.63. The normalized spacial score (nSPS) is 18.9. The first-order chi connectivity index (χ1) is 9.22. The van der Waals surface area contributed by atoms with Gasteiger partial charge in [-0.3, -0.25) is 0 Å². The van der Waals surface area contributed by atoms with Crippen molar-refractivity contribution in [2.24, 2.45) is 0 Å². The predicted octanol–water partition coefficient (Wildman–Crippen LogP) is 1.02. The topological polar surface area (TPSA) is 70.5 Å². The minimum Gasteiger partial charge on any atom is -0.391 e. The maximum atomic E-state index is 9.62. The number of aliphatic hydroxyl groups is 1. The summed E-state index contributed by atoms with van der Waals surface area (Å²) in [5.41, 5.74) is 0. The van der Waals surface area contributed by atoms with Crippen molar-refractivity contribution in [1.29, 1.82) is 0 Å². The lowest BCUT2D eigenvalue weighted by molar-refractivity contribution is 0.178. The fourth-order valence-corrected chi connectivity index (χ4v) is 2.13. The molecule has 0 amide bonds. The van der Waals surface area contributed by atoms with Crippen LogP contribution in [0, 0.1) is 0 Å². The molecule has 1 aliphatic heterocycles. The molecule has 1 unspecified atom stereocenters. The summed E-state index contributed by atoms with van der Waals surface area (Å²) in [6.45, 7) is 4.85. The van der Waals surface area contributed by atoms with E-state index in [0.717, 1.165) is 37.6 Å². The molecule has 1 aromatic rings. The highest BCUT2D eigenvalue weighted by Gasteiger charge is 2.22. The van der Waals surface area contributed by atoms with Crippen LogP contribution in [0.2, 0.25) is 0 Å². The molecule has 1 aromatic heterocycles. The summed E-state index contributed by atoms with van der Waals surface area (Å²) >= 11 is 0. The zero-order valence-electron chi connectivity index (χ0n) is 11.6. The maximum Gasteiger partial charge on any atom is 0.158 e. The van der Waals surface area contributed by atoms with E-state index >= 15 is 0 Å². The number of methoxy groups -OCH3 is 1. The highest BCUT2D eigenvalue weighted by atomic mass is 16.5. The molecule has 0 aliphatic carbocycles. The van der Waals surface area contributed by atoms with E-state index in [4.69, 9.17) is 4.74 Å². The lowest BCUT2D eigenvalue weighted by atomic mass is 10.3. The first-order valence-electron chi connectivity index (χ1n) is 6.76. The van der Waals surface area contributed by atoms with Gasteiger partial charge in [0, 0.05) is 32.8 Å². The molecular weight excluding hydrogens is 244 g/mol. The van der Waals surface area contributed by atoms with Gasteiger partial charge in [-0.1, -0.05) is 6.92 Å². The number of aliphatic hydroxyl groups excluding tert-OH is 1. The van der Waals surface area contributed by atoms with Gasteiger partial charge in [-0.15, -0.1) is 0 Å². The van der Waals surface area contributed by atoms with Crippen LogP contribution in [0.15, 0.2) is 6.07 Å². The van der Waals surface area contributed by atoms with Crippen molar-refractivity contribution in [2.45, 2.75) is 32.5 Å². The van der Waals surface area contributed by atoms with Gasteiger partial charge in [-0.2, -0.15) is 0 Å². The molecule has 2 heterocycles. The van der Waals surface area contributed by atoms with Crippen LogP contribution in [0.4, 0.5) is 11.6 Å². The Morgan fingerprint density at radius 2 is 2.37 bits per heavy atom. The number of hydrogen-bond acceptors (Lipinski definition) is 6. The van der Waals surface area contributed by atoms with Crippen LogP contribution < -0.4 is 10.2 Å². The number of nitrogens with one attached hydrogen (secondary N) is 1. The number of rotatable bonds is 6. The Hall–Kier alpha value is -1.40. The lowest BCUT2D eigenvalue weighted by Gasteiger charge is -2.18. The Bertz CT molecular complexity index is 414. The number of anilines is 2.